The van der Waals surface area contributed by atoms with E-state index in [0.717, 1.165) is 0 Å². The third kappa shape index (κ3) is 2.10. The summed E-state index contributed by atoms with van der Waals surface area (Å²) in [6.45, 7) is 4.55. The molecule has 0 spiro atoms. The topological polar surface area (TPSA) is 89.7 Å². The predicted molar refractivity (Wildman–Crippen MR) is 90.1 cm³/mol. The summed E-state index contributed by atoms with van der Waals surface area (Å²) in [5, 5.41) is 21.0. The van der Waals surface area contributed by atoms with Crippen molar-refractivity contribution in [3.63, 3.8) is 0 Å². The highest BCUT2D eigenvalue weighted by Crippen LogP contribution is 2.66. The molecule has 6 atom stereocenters. The molecule has 6 nitrogen and oxygen atoms in total. The first-order valence-corrected chi connectivity index (χ1v) is 8.38. The first-order valence-electron chi connectivity index (χ1n) is 8.38. The van der Waals surface area contributed by atoms with Crippen LogP contribution < -0.4 is 0 Å². The standard InChI is InChI=1S/C19H19NO5/c1-2-19(9-16(21)22)14-8-7-12(17(19)18-13(14)10-25-18)11-5-3-4-6-15(11)20(23)24/h2-8,12-14,17-18H,1,9-10H2,(H,21,22)/t12-,13-,14+,17-,18-,19?/m0/s1. The molecule has 0 radical (unpaired) electrons. The van der Waals surface area contributed by atoms with Crippen molar-refractivity contribution >= 4 is 11.7 Å². The summed E-state index contributed by atoms with van der Waals surface area (Å²) in [4.78, 5) is 22.7. The van der Waals surface area contributed by atoms with Gasteiger partial charge in [-0.05, 0) is 5.92 Å². The molecule has 4 rings (SSSR count). The maximum atomic E-state index is 11.6. The average Bonchev–Trinajstić information content (AvgIpc) is 2.64. The van der Waals surface area contributed by atoms with Crippen molar-refractivity contribution in [2.45, 2.75) is 18.4 Å². The van der Waals surface area contributed by atoms with Gasteiger partial charge in [-0.1, -0.05) is 36.4 Å². The monoisotopic (exact) mass is 341 g/mol. The van der Waals surface area contributed by atoms with Gasteiger partial charge >= 0.3 is 5.97 Å². The van der Waals surface area contributed by atoms with Crippen LogP contribution in [0.3, 0.4) is 0 Å². The molecule has 1 saturated carbocycles. The number of hydrogen-bond donors (Lipinski definition) is 1. The van der Waals surface area contributed by atoms with Crippen LogP contribution in [-0.2, 0) is 9.53 Å². The number of hydrogen-bond acceptors (Lipinski definition) is 4. The van der Waals surface area contributed by atoms with Gasteiger partial charge in [-0.3, -0.25) is 14.9 Å². The van der Waals surface area contributed by atoms with Gasteiger partial charge < -0.3 is 9.84 Å². The minimum Gasteiger partial charge on any atom is -0.481 e. The molecule has 1 aromatic carbocycles. The van der Waals surface area contributed by atoms with Crippen molar-refractivity contribution < 1.29 is 19.6 Å². The van der Waals surface area contributed by atoms with Gasteiger partial charge in [0.2, 0.25) is 0 Å². The first-order chi connectivity index (χ1) is 12.0. The molecular formula is C19H19NO5. The Kier molecular flexibility index (Phi) is 3.54. The van der Waals surface area contributed by atoms with Crippen molar-refractivity contribution in [3.05, 3.63) is 64.8 Å². The van der Waals surface area contributed by atoms with Crippen molar-refractivity contribution in [1.29, 1.82) is 0 Å². The van der Waals surface area contributed by atoms with Gasteiger partial charge in [-0.15, -0.1) is 6.58 Å². The molecule has 2 fully saturated rings. The van der Waals surface area contributed by atoms with Crippen LogP contribution in [0, 0.1) is 33.3 Å². The lowest BCUT2D eigenvalue weighted by molar-refractivity contribution is -0.385. The number of benzene rings is 1. The Hall–Kier alpha value is -2.47. The Bertz CT molecular complexity index is 788. The molecule has 0 amide bonds. The number of para-hydroxylation sites is 1. The normalized spacial score (nSPS) is 37.8. The SMILES string of the molecule is C=CC1(CC(=O)O)[C@@H]2[C@H]3OC[C@H]3[C@H]1C=C[C@H]2c1ccccc1[N+](=O)[O-]. The number of ether oxygens (including phenoxy) is 1. The molecule has 25 heavy (non-hydrogen) atoms. The van der Waals surface area contributed by atoms with Gasteiger partial charge in [0.1, 0.15) is 0 Å². The second-order valence-electron chi connectivity index (χ2n) is 7.13. The smallest absolute Gasteiger partial charge is 0.304 e. The maximum absolute atomic E-state index is 11.6. The Morgan fingerprint density at radius 1 is 1.44 bits per heavy atom. The van der Waals surface area contributed by atoms with Crippen molar-refractivity contribution in [1.82, 2.24) is 0 Å². The number of nitrogens with zero attached hydrogens (tertiary/aromatic N) is 1. The van der Waals surface area contributed by atoms with E-state index in [-0.39, 0.29) is 46.8 Å². The summed E-state index contributed by atoms with van der Waals surface area (Å²) >= 11 is 0. The Balaban J connectivity index is 1.85. The second kappa shape index (κ2) is 5.52. The van der Waals surface area contributed by atoms with E-state index in [2.05, 4.69) is 6.58 Å². The van der Waals surface area contributed by atoms with E-state index in [1.54, 1.807) is 24.3 Å². The Morgan fingerprint density at radius 3 is 2.80 bits per heavy atom. The lowest BCUT2D eigenvalue weighted by Crippen LogP contribution is -2.43. The number of aliphatic carboxylic acids is 1. The average molecular weight is 341 g/mol. The number of carboxylic acids is 1. The van der Waals surface area contributed by atoms with Gasteiger partial charge in [0, 0.05) is 34.8 Å². The third-order valence-corrected chi connectivity index (χ3v) is 6.20. The van der Waals surface area contributed by atoms with Crippen LogP contribution in [0.25, 0.3) is 0 Å². The zero-order chi connectivity index (χ0) is 17.8. The molecular weight excluding hydrogens is 322 g/mol. The summed E-state index contributed by atoms with van der Waals surface area (Å²) in [5.41, 5.74) is 0.0347. The molecule has 1 aliphatic heterocycles. The van der Waals surface area contributed by atoms with E-state index < -0.39 is 11.4 Å². The number of carboxylic acid groups (broad SMARTS) is 1. The van der Waals surface area contributed by atoms with Crippen molar-refractivity contribution in [3.8, 4) is 0 Å². The number of nitro benzene ring substituents is 1. The molecule has 3 aliphatic rings. The molecule has 1 unspecified atom stereocenters. The zero-order valence-electron chi connectivity index (χ0n) is 13.6. The number of fused-ring (bicyclic) bond motifs is 5. The lowest BCUT2D eigenvalue weighted by Gasteiger charge is -2.42. The van der Waals surface area contributed by atoms with E-state index in [1.807, 2.05) is 12.2 Å². The van der Waals surface area contributed by atoms with E-state index in [9.17, 15) is 20.0 Å². The third-order valence-electron chi connectivity index (χ3n) is 6.20. The predicted octanol–water partition coefficient (Wildman–Crippen LogP) is 3.16. The van der Waals surface area contributed by atoms with Crippen LogP contribution in [0.1, 0.15) is 17.9 Å². The van der Waals surface area contributed by atoms with Gasteiger partial charge in [-0.2, -0.15) is 0 Å². The fourth-order valence-corrected chi connectivity index (χ4v) is 5.22. The van der Waals surface area contributed by atoms with Crippen LogP contribution >= 0.6 is 0 Å². The minimum absolute atomic E-state index is 0.0380. The van der Waals surface area contributed by atoms with Crippen LogP contribution in [0.5, 0.6) is 0 Å². The minimum atomic E-state index is -0.882. The number of allylic oxidation sites excluding steroid dienone is 3. The van der Waals surface area contributed by atoms with Gasteiger partial charge in [-0.25, -0.2) is 0 Å². The van der Waals surface area contributed by atoms with Crippen LogP contribution in [0.15, 0.2) is 49.1 Å². The van der Waals surface area contributed by atoms with E-state index in [4.69, 9.17) is 4.74 Å². The van der Waals surface area contributed by atoms with Crippen LogP contribution in [0.2, 0.25) is 0 Å². The fraction of sp³-hybridized carbons (Fsp3) is 0.421. The van der Waals surface area contributed by atoms with Crippen LogP contribution in [-0.4, -0.2) is 28.7 Å². The highest BCUT2D eigenvalue weighted by Gasteiger charge is 2.66. The molecule has 1 aromatic rings. The molecule has 130 valence electrons. The number of carbonyl (C=O) groups is 1. The van der Waals surface area contributed by atoms with Gasteiger partial charge in [0.25, 0.3) is 5.69 Å². The number of rotatable bonds is 5. The Morgan fingerprint density at radius 2 is 2.20 bits per heavy atom. The fourth-order valence-electron chi connectivity index (χ4n) is 5.22. The summed E-state index contributed by atoms with van der Waals surface area (Å²) in [6.07, 6.45) is 5.67. The van der Waals surface area contributed by atoms with E-state index in [1.165, 1.54) is 6.07 Å². The quantitative estimate of drug-likeness (QED) is 0.505. The molecule has 2 bridgehead atoms. The summed E-state index contributed by atoms with van der Waals surface area (Å²) in [5.74, 6) is -0.982. The molecule has 1 saturated heterocycles. The van der Waals surface area contributed by atoms with Gasteiger partial charge in [0.05, 0.1) is 24.1 Å². The van der Waals surface area contributed by atoms with Crippen molar-refractivity contribution in [2.75, 3.05) is 6.61 Å². The molecule has 6 heteroatoms. The van der Waals surface area contributed by atoms with Gasteiger partial charge in [0.15, 0.2) is 0 Å². The maximum Gasteiger partial charge on any atom is 0.304 e. The highest BCUT2D eigenvalue weighted by molar-refractivity contribution is 5.69. The second-order valence-corrected chi connectivity index (χ2v) is 7.13. The molecule has 1 heterocycles. The van der Waals surface area contributed by atoms with E-state index in [0.29, 0.717) is 12.2 Å². The highest BCUT2D eigenvalue weighted by atomic mass is 16.6. The van der Waals surface area contributed by atoms with Crippen LogP contribution in [0.4, 0.5) is 5.69 Å². The van der Waals surface area contributed by atoms with Crippen molar-refractivity contribution in [2.24, 2.45) is 23.2 Å². The summed E-state index contributed by atoms with van der Waals surface area (Å²) in [6, 6.07) is 6.68. The largest absolute Gasteiger partial charge is 0.481 e. The molecule has 2 aliphatic carbocycles. The molecule has 0 aromatic heterocycles. The Labute approximate surface area is 145 Å². The lowest BCUT2D eigenvalue weighted by atomic mass is 9.60. The first kappa shape index (κ1) is 16.0. The number of nitro groups is 1. The zero-order valence-corrected chi connectivity index (χ0v) is 13.6. The van der Waals surface area contributed by atoms with E-state index >= 15 is 0 Å². The summed E-state index contributed by atoms with van der Waals surface area (Å²) in [7, 11) is 0. The summed E-state index contributed by atoms with van der Waals surface area (Å²) < 4.78 is 5.81. The molecule has 1 N–H and O–H groups in total.